The number of hydrogen-bond donors (Lipinski definition) is 2. The van der Waals surface area contributed by atoms with Crippen molar-refractivity contribution in [2.45, 2.75) is 64.3 Å². The quantitative estimate of drug-likeness (QED) is 0.674. The topological polar surface area (TPSA) is 35.5 Å². The molecule has 2 N–H and O–H groups in total. The molecule has 2 saturated carbocycles. The number of hydrogen-bond acceptors (Lipinski definition) is 3. The molecule has 0 atom stereocenters. The summed E-state index contributed by atoms with van der Waals surface area (Å²) in [5.41, 5.74) is 0.477. The highest BCUT2D eigenvalue weighted by Gasteiger charge is 2.35. The van der Waals surface area contributed by atoms with Crippen LogP contribution in [0.1, 0.15) is 58.3 Å². The van der Waals surface area contributed by atoms with Crippen molar-refractivity contribution >= 4 is 0 Å². The highest BCUT2D eigenvalue weighted by molar-refractivity contribution is 4.91. The van der Waals surface area contributed by atoms with E-state index in [0.29, 0.717) is 12.0 Å². The molecule has 3 heteroatoms. The highest BCUT2D eigenvalue weighted by atomic mass is 16.3. The van der Waals surface area contributed by atoms with Gasteiger partial charge in [-0.3, -0.25) is 0 Å². The van der Waals surface area contributed by atoms with Gasteiger partial charge in [0, 0.05) is 25.7 Å². The fourth-order valence-electron chi connectivity index (χ4n) is 3.54. The van der Waals surface area contributed by atoms with E-state index in [1.807, 2.05) is 0 Å². The largest absolute Gasteiger partial charge is 0.395 e. The van der Waals surface area contributed by atoms with Crippen LogP contribution in [0.4, 0.5) is 0 Å². The van der Waals surface area contributed by atoms with Crippen LogP contribution in [0.2, 0.25) is 0 Å². The van der Waals surface area contributed by atoms with Crippen LogP contribution in [-0.2, 0) is 0 Å². The van der Waals surface area contributed by atoms with Gasteiger partial charge >= 0.3 is 0 Å². The van der Waals surface area contributed by atoms with Gasteiger partial charge in [-0.25, -0.2) is 0 Å². The molecule has 0 aromatic rings. The maximum Gasteiger partial charge on any atom is 0.0558 e. The van der Waals surface area contributed by atoms with E-state index in [2.05, 4.69) is 17.1 Å². The molecule has 0 aromatic heterocycles. The maximum absolute atomic E-state index is 9.25. The van der Waals surface area contributed by atoms with Gasteiger partial charge in [0.2, 0.25) is 0 Å². The first-order chi connectivity index (χ1) is 9.28. The van der Waals surface area contributed by atoms with Crippen LogP contribution >= 0.6 is 0 Å². The Hall–Kier alpha value is -0.120. The highest BCUT2D eigenvalue weighted by Crippen LogP contribution is 2.37. The summed E-state index contributed by atoms with van der Waals surface area (Å²) in [4.78, 5) is 2.49. The lowest BCUT2D eigenvalue weighted by Crippen LogP contribution is -2.46. The molecule has 19 heavy (non-hydrogen) atoms. The van der Waals surface area contributed by atoms with E-state index in [4.69, 9.17) is 0 Å². The summed E-state index contributed by atoms with van der Waals surface area (Å²) in [6, 6.07) is 0.816. The molecule has 3 nitrogen and oxygen atoms in total. The molecule has 0 bridgehead atoms. The van der Waals surface area contributed by atoms with Crippen molar-refractivity contribution in [3.8, 4) is 0 Å². The van der Waals surface area contributed by atoms with Gasteiger partial charge in [-0.2, -0.15) is 0 Å². The first kappa shape index (κ1) is 15.3. The molecule has 2 aliphatic carbocycles. The lowest BCUT2D eigenvalue weighted by molar-refractivity contribution is 0.0884. The Labute approximate surface area is 118 Å². The molecule has 0 radical (unpaired) electrons. The van der Waals surface area contributed by atoms with Gasteiger partial charge in [0.1, 0.15) is 0 Å². The fraction of sp³-hybridized carbons (Fsp3) is 1.00. The lowest BCUT2D eigenvalue weighted by atomic mass is 9.73. The van der Waals surface area contributed by atoms with Crippen molar-refractivity contribution in [3.05, 3.63) is 0 Å². The second-order valence-corrected chi connectivity index (χ2v) is 6.72. The minimum atomic E-state index is 0.298. The second-order valence-electron chi connectivity index (χ2n) is 6.72. The minimum absolute atomic E-state index is 0.298. The predicted molar refractivity (Wildman–Crippen MR) is 80.4 cm³/mol. The SMILES string of the molecule is CCCN(CCO)CC1(CNC2CC2)CCCCC1. The molecule has 0 aromatic carbocycles. The summed E-state index contributed by atoms with van der Waals surface area (Å²) in [7, 11) is 0. The molecule has 2 aliphatic rings. The Morgan fingerprint density at radius 1 is 1.16 bits per heavy atom. The Balaban J connectivity index is 1.89. The fourth-order valence-corrected chi connectivity index (χ4v) is 3.54. The van der Waals surface area contributed by atoms with Crippen LogP contribution in [0, 0.1) is 5.41 Å². The van der Waals surface area contributed by atoms with Crippen molar-refractivity contribution in [3.63, 3.8) is 0 Å². The van der Waals surface area contributed by atoms with E-state index in [-0.39, 0.29) is 0 Å². The first-order valence-electron chi connectivity index (χ1n) is 8.34. The zero-order chi connectivity index (χ0) is 13.6. The van der Waals surface area contributed by atoms with Crippen LogP contribution in [0.3, 0.4) is 0 Å². The van der Waals surface area contributed by atoms with Crippen LogP contribution < -0.4 is 5.32 Å². The zero-order valence-corrected chi connectivity index (χ0v) is 12.7. The standard InChI is InChI=1S/C16H32N2O/c1-2-10-18(11-12-19)14-16(8-4-3-5-9-16)13-17-15-6-7-15/h15,17,19H,2-14H2,1H3. The van der Waals surface area contributed by atoms with Gasteiger partial charge < -0.3 is 15.3 Å². The van der Waals surface area contributed by atoms with Crippen molar-refractivity contribution in [2.24, 2.45) is 5.41 Å². The Bertz CT molecular complexity index is 241. The van der Waals surface area contributed by atoms with Crippen LogP contribution in [-0.4, -0.2) is 48.8 Å². The number of aliphatic hydroxyl groups excluding tert-OH is 1. The van der Waals surface area contributed by atoms with E-state index < -0.39 is 0 Å². The summed E-state index contributed by atoms with van der Waals surface area (Å²) in [6.45, 7) is 6.89. The molecule has 112 valence electrons. The Kier molecular flexibility index (Phi) is 6.11. The molecule has 0 unspecified atom stereocenters. The van der Waals surface area contributed by atoms with E-state index >= 15 is 0 Å². The van der Waals surface area contributed by atoms with Gasteiger partial charge in [0.25, 0.3) is 0 Å². The van der Waals surface area contributed by atoms with Crippen molar-refractivity contribution in [1.82, 2.24) is 10.2 Å². The van der Waals surface area contributed by atoms with E-state index in [9.17, 15) is 5.11 Å². The van der Waals surface area contributed by atoms with Crippen molar-refractivity contribution in [1.29, 1.82) is 0 Å². The third-order valence-electron chi connectivity index (χ3n) is 4.77. The Morgan fingerprint density at radius 3 is 2.47 bits per heavy atom. The van der Waals surface area contributed by atoms with Crippen molar-refractivity contribution < 1.29 is 5.11 Å². The number of nitrogens with one attached hydrogen (secondary N) is 1. The number of rotatable bonds is 9. The smallest absolute Gasteiger partial charge is 0.0558 e. The summed E-state index contributed by atoms with van der Waals surface area (Å²) < 4.78 is 0. The molecule has 0 saturated heterocycles. The van der Waals surface area contributed by atoms with Gasteiger partial charge in [-0.15, -0.1) is 0 Å². The minimum Gasteiger partial charge on any atom is -0.395 e. The molecular weight excluding hydrogens is 236 g/mol. The lowest BCUT2D eigenvalue weighted by Gasteiger charge is -2.41. The zero-order valence-electron chi connectivity index (χ0n) is 12.7. The Morgan fingerprint density at radius 2 is 1.89 bits per heavy atom. The summed E-state index contributed by atoms with van der Waals surface area (Å²) in [5, 5.41) is 13.0. The van der Waals surface area contributed by atoms with E-state index in [0.717, 1.165) is 19.1 Å². The molecular formula is C16H32N2O. The average molecular weight is 268 g/mol. The molecule has 0 amide bonds. The van der Waals surface area contributed by atoms with Crippen molar-refractivity contribution in [2.75, 3.05) is 32.8 Å². The van der Waals surface area contributed by atoms with Gasteiger partial charge in [0.05, 0.1) is 6.61 Å². The summed E-state index contributed by atoms with van der Waals surface area (Å²) in [5.74, 6) is 0. The molecule has 0 spiro atoms. The normalized spacial score (nSPS) is 22.9. The summed E-state index contributed by atoms with van der Waals surface area (Å²) >= 11 is 0. The maximum atomic E-state index is 9.25. The third kappa shape index (κ3) is 5.05. The molecule has 2 fully saturated rings. The monoisotopic (exact) mass is 268 g/mol. The number of aliphatic hydroxyl groups is 1. The molecule has 0 aliphatic heterocycles. The van der Waals surface area contributed by atoms with Crippen LogP contribution in [0.5, 0.6) is 0 Å². The van der Waals surface area contributed by atoms with Crippen LogP contribution in [0.25, 0.3) is 0 Å². The third-order valence-corrected chi connectivity index (χ3v) is 4.77. The van der Waals surface area contributed by atoms with Crippen LogP contribution in [0.15, 0.2) is 0 Å². The second kappa shape index (κ2) is 7.61. The molecule has 0 heterocycles. The number of nitrogens with zero attached hydrogens (tertiary/aromatic N) is 1. The predicted octanol–water partition coefficient (Wildman–Crippen LogP) is 2.39. The van der Waals surface area contributed by atoms with Gasteiger partial charge in [-0.1, -0.05) is 26.2 Å². The first-order valence-corrected chi connectivity index (χ1v) is 8.34. The summed E-state index contributed by atoms with van der Waals surface area (Å²) in [6.07, 6.45) is 10.9. The van der Waals surface area contributed by atoms with E-state index in [1.165, 1.54) is 64.5 Å². The average Bonchev–Trinajstić information content (AvgIpc) is 3.22. The van der Waals surface area contributed by atoms with E-state index in [1.54, 1.807) is 0 Å². The van der Waals surface area contributed by atoms with Gasteiger partial charge in [-0.05, 0) is 44.1 Å². The molecule has 2 rings (SSSR count). The van der Waals surface area contributed by atoms with Gasteiger partial charge in [0.15, 0.2) is 0 Å².